The lowest BCUT2D eigenvalue weighted by Gasteiger charge is -2.39. The summed E-state index contributed by atoms with van der Waals surface area (Å²) in [5.41, 5.74) is 1.12. The number of likely N-dealkylation sites (N-methyl/N-ethyl adjacent to an activating group) is 1. The Morgan fingerprint density at radius 1 is 1.00 bits per heavy atom. The Hall–Kier alpha value is -2.53. The molecule has 2 aromatic carbocycles. The molecule has 120 valence electrons. The molecule has 0 aliphatic carbocycles. The highest BCUT2D eigenvalue weighted by Gasteiger charge is 2.30. The van der Waals surface area contributed by atoms with E-state index in [1.165, 1.54) is 18.2 Å². The minimum Gasteiger partial charge on any atom is -0.507 e. The Labute approximate surface area is 135 Å². The van der Waals surface area contributed by atoms with Gasteiger partial charge in [-0.25, -0.2) is 0 Å². The standard InChI is InChI=1S/C18H20N2O3/c1-19-10-11-20(12-14(19)13-6-3-2-4-7-13)18(23)17-15(21)8-5-9-16(17)22/h2-9,14,21-22H,10-12H2,1H3/t14-/m1/s1. The lowest BCUT2D eigenvalue weighted by atomic mass is 10.0. The summed E-state index contributed by atoms with van der Waals surface area (Å²) in [6.45, 7) is 1.82. The molecule has 23 heavy (non-hydrogen) atoms. The van der Waals surface area contributed by atoms with E-state index in [4.69, 9.17) is 0 Å². The molecule has 0 saturated carbocycles. The van der Waals surface area contributed by atoms with Crippen LogP contribution in [0.1, 0.15) is 22.0 Å². The molecule has 0 spiro atoms. The minimum absolute atomic E-state index is 0.0242. The number of aromatic hydroxyl groups is 2. The highest BCUT2D eigenvalue weighted by Crippen LogP contribution is 2.30. The van der Waals surface area contributed by atoms with E-state index >= 15 is 0 Å². The topological polar surface area (TPSA) is 64.0 Å². The molecule has 1 saturated heterocycles. The Bertz CT molecular complexity index is 682. The van der Waals surface area contributed by atoms with Crippen molar-refractivity contribution in [3.8, 4) is 11.5 Å². The number of phenols is 2. The number of carbonyl (C=O) groups is 1. The van der Waals surface area contributed by atoms with Crippen molar-refractivity contribution >= 4 is 5.91 Å². The molecule has 1 fully saturated rings. The second-order valence-corrected chi connectivity index (χ2v) is 5.83. The third-order valence-electron chi connectivity index (χ3n) is 4.35. The van der Waals surface area contributed by atoms with Crippen LogP contribution >= 0.6 is 0 Å². The molecule has 1 atom stereocenters. The summed E-state index contributed by atoms with van der Waals surface area (Å²) in [6.07, 6.45) is 0. The normalized spacial score (nSPS) is 18.8. The van der Waals surface area contributed by atoms with E-state index in [0.29, 0.717) is 13.1 Å². The Balaban J connectivity index is 1.85. The van der Waals surface area contributed by atoms with Gasteiger partial charge in [0.25, 0.3) is 5.91 Å². The Kier molecular flexibility index (Phi) is 4.21. The maximum absolute atomic E-state index is 12.7. The second-order valence-electron chi connectivity index (χ2n) is 5.83. The molecule has 0 unspecified atom stereocenters. The first-order valence-electron chi connectivity index (χ1n) is 7.63. The van der Waals surface area contributed by atoms with Crippen molar-refractivity contribution in [3.63, 3.8) is 0 Å². The number of phenolic OH excluding ortho intramolecular Hbond substituents is 2. The van der Waals surface area contributed by atoms with E-state index in [9.17, 15) is 15.0 Å². The second kappa shape index (κ2) is 6.30. The van der Waals surface area contributed by atoms with E-state index in [2.05, 4.69) is 4.90 Å². The lowest BCUT2D eigenvalue weighted by molar-refractivity contribution is 0.0540. The average molecular weight is 312 g/mol. The molecule has 1 heterocycles. The third-order valence-corrected chi connectivity index (χ3v) is 4.35. The maximum atomic E-state index is 12.7. The van der Waals surface area contributed by atoms with Crippen LogP contribution < -0.4 is 0 Å². The van der Waals surface area contributed by atoms with Crippen molar-refractivity contribution < 1.29 is 15.0 Å². The summed E-state index contributed by atoms with van der Waals surface area (Å²) < 4.78 is 0. The van der Waals surface area contributed by atoms with Crippen LogP contribution in [-0.2, 0) is 0 Å². The van der Waals surface area contributed by atoms with Crippen LogP contribution in [-0.4, -0.2) is 52.6 Å². The summed E-state index contributed by atoms with van der Waals surface area (Å²) >= 11 is 0. The fraction of sp³-hybridized carbons (Fsp3) is 0.278. The van der Waals surface area contributed by atoms with Crippen molar-refractivity contribution in [3.05, 3.63) is 59.7 Å². The average Bonchev–Trinajstić information content (AvgIpc) is 2.56. The zero-order valence-electron chi connectivity index (χ0n) is 13.0. The van der Waals surface area contributed by atoms with Gasteiger partial charge in [-0.05, 0) is 24.7 Å². The number of carbonyl (C=O) groups excluding carboxylic acids is 1. The highest BCUT2D eigenvalue weighted by atomic mass is 16.3. The van der Waals surface area contributed by atoms with Gasteiger partial charge in [-0.2, -0.15) is 0 Å². The molecule has 2 N–H and O–H groups in total. The van der Waals surface area contributed by atoms with E-state index < -0.39 is 0 Å². The molecule has 2 aromatic rings. The van der Waals surface area contributed by atoms with Gasteiger partial charge in [-0.3, -0.25) is 9.69 Å². The number of nitrogens with zero attached hydrogens (tertiary/aromatic N) is 2. The summed E-state index contributed by atoms with van der Waals surface area (Å²) in [4.78, 5) is 16.6. The third kappa shape index (κ3) is 3.00. The first-order chi connectivity index (χ1) is 11.1. The molecule has 3 rings (SSSR count). The summed E-state index contributed by atoms with van der Waals surface area (Å²) in [5, 5.41) is 19.8. The van der Waals surface area contributed by atoms with Gasteiger partial charge >= 0.3 is 0 Å². The zero-order valence-corrected chi connectivity index (χ0v) is 13.0. The molecule has 0 bridgehead atoms. The van der Waals surface area contributed by atoms with Crippen molar-refractivity contribution in [2.24, 2.45) is 0 Å². The molecule has 1 aliphatic heterocycles. The number of amides is 1. The van der Waals surface area contributed by atoms with Crippen LogP contribution in [0, 0.1) is 0 Å². The number of hydrogen-bond acceptors (Lipinski definition) is 4. The van der Waals surface area contributed by atoms with E-state index in [1.807, 2.05) is 37.4 Å². The van der Waals surface area contributed by atoms with Crippen LogP contribution in [0.15, 0.2) is 48.5 Å². The number of hydrogen-bond donors (Lipinski definition) is 2. The summed E-state index contributed by atoms with van der Waals surface area (Å²) in [6, 6.07) is 14.5. The van der Waals surface area contributed by atoms with Gasteiger partial charge in [0, 0.05) is 19.6 Å². The van der Waals surface area contributed by atoms with Crippen LogP contribution in [0.25, 0.3) is 0 Å². The minimum atomic E-state index is -0.338. The molecule has 0 radical (unpaired) electrons. The SMILES string of the molecule is CN1CCN(C(=O)c2c(O)cccc2O)C[C@@H]1c1ccccc1. The van der Waals surface area contributed by atoms with Crippen molar-refractivity contribution in [2.75, 3.05) is 26.7 Å². The van der Waals surface area contributed by atoms with Crippen LogP contribution in [0.4, 0.5) is 0 Å². The van der Waals surface area contributed by atoms with Crippen molar-refractivity contribution in [2.45, 2.75) is 6.04 Å². The first-order valence-corrected chi connectivity index (χ1v) is 7.63. The van der Waals surface area contributed by atoms with Gasteiger partial charge in [0.1, 0.15) is 17.1 Å². The lowest BCUT2D eigenvalue weighted by Crippen LogP contribution is -2.49. The van der Waals surface area contributed by atoms with Crippen LogP contribution in [0.2, 0.25) is 0 Å². The molecular formula is C18H20N2O3. The number of rotatable bonds is 2. The summed E-state index contributed by atoms with van der Waals surface area (Å²) in [5.74, 6) is -0.718. The first kappa shape index (κ1) is 15.4. The van der Waals surface area contributed by atoms with Gasteiger partial charge in [0.05, 0.1) is 6.04 Å². The fourth-order valence-corrected chi connectivity index (χ4v) is 3.00. The monoisotopic (exact) mass is 312 g/mol. The molecule has 1 aliphatic rings. The Morgan fingerprint density at radius 3 is 2.30 bits per heavy atom. The number of benzene rings is 2. The molecule has 1 amide bonds. The largest absolute Gasteiger partial charge is 0.507 e. The summed E-state index contributed by atoms with van der Waals surface area (Å²) in [7, 11) is 2.04. The van der Waals surface area contributed by atoms with Gasteiger partial charge in [-0.15, -0.1) is 0 Å². The quantitative estimate of drug-likeness (QED) is 0.892. The van der Waals surface area contributed by atoms with Crippen molar-refractivity contribution in [1.29, 1.82) is 0 Å². The van der Waals surface area contributed by atoms with Crippen molar-refractivity contribution in [1.82, 2.24) is 9.80 Å². The molecular weight excluding hydrogens is 292 g/mol. The predicted octanol–water partition coefficient (Wildman–Crippen LogP) is 2.23. The molecule has 5 nitrogen and oxygen atoms in total. The van der Waals surface area contributed by atoms with E-state index in [1.54, 1.807) is 4.90 Å². The van der Waals surface area contributed by atoms with Crippen LogP contribution in [0.5, 0.6) is 11.5 Å². The predicted molar refractivity (Wildman–Crippen MR) is 87.5 cm³/mol. The smallest absolute Gasteiger partial charge is 0.261 e. The maximum Gasteiger partial charge on any atom is 0.261 e. The fourth-order valence-electron chi connectivity index (χ4n) is 3.00. The number of piperazine rings is 1. The highest BCUT2D eigenvalue weighted by molar-refractivity contribution is 5.99. The Morgan fingerprint density at radius 2 is 1.65 bits per heavy atom. The van der Waals surface area contributed by atoms with Gasteiger partial charge in [0.2, 0.25) is 0 Å². The zero-order chi connectivity index (χ0) is 16.4. The van der Waals surface area contributed by atoms with Gasteiger partial charge < -0.3 is 15.1 Å². The van der Waals surface area contributed by atoms with Gasteiger partial charge in [-0.1, -0.05) is 36.4 Å². The van der Waals surface area contributed by atoms with Gasteiger partial charge in [0.15, 0.2) is 0 Å². The molecule has 0 aromatic heterocycles. The molecule has 5 heteroatoms. The van der Waals surface area contributed by atoms with Crippen LogP contribution in [0.3, 0.4) is 0 Å². The van der Waals surface area contributed by atoms with E-state index in [0.717, 1.165) is 12.1 Å². The van der Waals surface area contributed by atoms with E-state index in [-0.39, 0.29) is 29.0 Å².